The Morgan fingerprint density at radius 1 is 0.437 bits per heavy atom. The SMILES string of the molecule is COc1cc(N2CCC(N3CCN(C)CC3)CC2)ccc1Nc1ncc(Cl)c(NCc2ccccc2P(=O)(O)O)n1.COc1cc(N2CCC(N3CCN(C)CC3)CC2)ccc1Nc1ncc(Cl)c(Nc2ccccc2P(C)(C)=O)n1.COc1cc(P(C)(C)=O)ccc1Nc1ncc(Cl)c(NC2CCCCC2C(N)=O)n1.COc1cc(P(C)(C)=O)ccc1Nc1ncc(Cl)c(Nc2ccccc2SC(C)C)n1. The lowest BCUT2D eigenvalue weighted by Gasteiger charge is -2.42. The number of carbonyl (C=O) groups is 1. The van der Waals surface area contributed by atoms with Crippen LogP contribution in [0.3, 0.4) is 0 Å². The first-order chi connectivity index (χ1) is 67.8. The van der Waals surface area contributed by atoms with Gasteiger partial charge in [0.1, 0.15) is 64.5 Å². The lowest BCUT2D eigenvalue weighted by molar-refractivity contribution is -0.123. The fraction of sp³-hybridized carbons (Fsp3) is 0.404. The molecule has 11 aromatic rings. The molecule has 4 saturated heterocycles. The van der Waals surface area contributed by atoms with Crippen molar-refractivity contribution in [1.29, 1.82) is 0 Å². The van der Waals surface area contributed by atoms with Crippen molar-refractivity contribution in [2.24, 2.45) is 11.7 Å². The number of amides is 1. The van der Waals surface area contributed by atoms with Crippen LogP contribution in [0.2, 0.25) is 20.1 Å². The number of carbonyl (C=O) groups excluding carboxylic acids is 1. The van der Waals surface area contributed by atoms with E-state index in [4.69, 9.17) is 71.1 Å². The van der Waals surface area contributed by atoms with Crippen LogP contribution in [-0.2, 0) is 29.6 Å². The molecule has 760 valence electrons. The number of nitrogens with zero attached hydrogens (tertiary/aromatic N) is 14. The molecule has 5 fully saturated rings. The van der Waals surface area contributed by atoms with E-state index in [9.17, 15) is 32.8 Å². The summed E-state index contributed by atoms with van der Waals surface area (Å²) < 4.78 is 71.7. The molecule has 4 aliphatic heterocycles. The number of rotatable bonds is 32. The average Bonchev–Trinajstić information content (AvgIpc) is 0.816. The Kier molecular flexibility index (Phi) is 38.4. The van der Waals surface area contributed by atoms with Gasteiger partial charge >= 0.3 is 7.60 Å². The van der Waals surface area contributed by atoms with Gasteiger partial charge in [-0.1, -0.05) is 116 Å². The number of nitrogens with two attached hydrogens (primary N) is 1. The minimum absolute atomic E-state index is 0.0376. The Labute approximate surface area is 856 Å². The van der Waals surface area contributed by atoms with Gasteiger partial charge in [0.25, 0.3) is 0 Å². The maximum atomic E-state index is 12.8. The van der Waals surface area contributed by atoms with Gasteiger partial charge in [0.2, 0.25) is 29.7 Å². The van der Waals surface area contributed by atoms with E-state index < -0.39 is 29.0 Å². The number of halogens is 4. The minimum Gasteiger partial charge on any atom is -0.495 e. The van der Waals surface area contributed by atoms with E-state index in [0.717, 1.165) is 153 Å². The molecule has 2 atom stereocenters. The van der Waals surface area contributed by atoms with Crippen molar-refractivity contribution >= 4 is 207 Å². The summed E-state index contributed by atoms with van der Waals surface area (Å²) in [4.78, 5) is 82.5. The summed E-state index contributed by atoms with van der Waals surface area (Å²) in [5, 5.41) is 29.7. The number of aromatic nitrogens is 8. The second-order valence-electron chi connectivity index (χ2n) is 36.8. The largest absolute Gasteiger partial charge is 0.495 e. The van der Waals surface area contributed by atoms with E-state index in [-0.39, 0.29) is 34.7 Å². The number of para-hydroxylation sites is 2. The van der Waals surface area contributed by atoms with Crippen molar-refractivity contribution in [2.75, 3.05) is 213 Å². The zero-order chi connectivity index (χ0) is 102. The van der Waals surface area contributed by atoms with Gasteiger partial charge in [-0.2, -0.15) is 19.9 Å². The Morgan fingerprint density at radius 3 is 1.23 bits per heavy atom. The van der Waals surface area contributed by atoms with Crippen LogP contribution in [0.5, 0.6) is 23.0 Å². The topological polar surface area (TPSA) is 408 Å². The maximum Gasteiger partial charge on any atom is 0.356 e. The Bertz CT molecular complexity index is 6360. The molecule has 34 nitrogen and oxygen atoms in total. The molecular formula is C99H129Cl4N23O11P4S. The van der Waals surface area contributed by atoms with Crippen molar-refractivity contribution < 1.29 is 51.8 Å². The molecule has 7 aromatic carbocycles. The molecular weight excluding hydrogens is 1990 g/mol. The van der Waals surface area contributed by atoms with E-state index in [1.54, 1.807) is 135 Å². The molecule has 5 aliphatic rings. The lowest BCUT2D eigenvalue weighted by Crippen LogP contribution is -2.52. The highest BCUT2D eigenvalue weighted by atomic mass is 35.5. The Morgan fingerprint density at radius 2 is 0.810 bits per heavy atom. The van der Waals surface area contributed by atoms with E-state index in [2.05, 4.69) is 164 Å². The second kappa shape index (κ2) is 50.0. The van der Waals surface area contributed by atoms with E-state index >= 15 is 0 Å². The second-order valence-corrected chi connectivity index (χ2v) is 51.2. The normalized spacial score (nSPS) is 16.5. The van der Waals surface area contributed by atoms with E-state index in [1.165, 1.54) is 44.4 Å². The fourth-order valence-corrected chi connectivity index (χ4v) is 22.5. The first kappa shape index (κ1) is 109. The van der Waals surface area contributed by atoms with Gasteiger partial charge in [0.15, 0.2) is 23.3 Å². The van der Waals surface area contributed by atoms with Gasteiger partial charge in [-0.25, -0.2) is 19.9 Å². The third kappa shape index (κ3) is 30.2. The molecule has 4 aromatic heterocycles. The molecule has 8 heterocycles. The van der Waals surface area contributed by atoms with Crippen molar-refractivity contribution in [2.45, 2.75) is 100 Å². The number of hydrogen-bond donors (Lipinski definition) is 11. The quantitative estimate of drug-likeness (QED) is 0.0138. The van der Waals surface area contributed by atoms with Gasteiger partial charge in [-0.15, -0.1) is 11.8 Å². The first-order valence-electron chi connectivity index (χ1n) is 47.0. The molecule has 43 heteroatoms. The molecule has 1 saturated carbocycles. The Hall–Kier alpha value is -10.3. The number of anilines is 16. The van der Waals surface area contributed by atoms with Crippen LogP contribution in [0.4, 0.5) is 92.6 Å². The average molecular weight is 2120 g/mol. The standard InChI is InChI=1S/C29H39ClN7O2P.C28H37ClN7O4P.C22H26ClN4O2PS.C20H27ClN5O3P/c1-35-15-17-37(18-16-35)21-11-13-36(14-12-21)22-9-10-24(26(19-22)39-2)33-29-31-20-23(30)28(34-29)32-25-7-5-6-8-27(25)40(3,4)38;1-34-13-15-36(16-14-34)21-9-11-35(12-10-21)22-7-8-24(25(17-22)40-2)32-28-31-19-23(29)27(33-28)30-18-20-5-3-4-6-26(20)41(37,38)39;1-14(2)31-20-9-7-6-8-18(20)25-21-16(23)13-24-22(27-21)26-17-11-10-15(30(4,5)28)12-19(17)29-3;1-29-17-10-12(30(2,3)28)8-9-16(17)25-20-23-11-14(21)19(26-20)24-15-7-5-4-6-13(15)18(22)27/h5-10,19-21H,11-18H2,1-4H3,(H2,31,32,33,34);3-8,17,19,21H,9-16,18H2,1-2H3,(H2,37,38,39)(H2,30,31,32,33);6-14H,1-5H3,(H2,24,25,26,27);8-11,13,15H,4-7H2,1-3H3,(H2,22,27)(H2,23,24,25,26). The number of likely N-dealkylation sites (N-methyl/N-ethyl adjacent to an activating group) is 2. The van der Waals surface area contributed by atoms with Crippen molar-refractivity contribution in [3.05, 3.63) is 196 Å². The summed E-state index contributed by atoms with van der Waals surface area (Å²) in [5.41, 5.74) is 12.7. The number of primary amides is 1. The number of piperazine rings is 2. The van der Waals surface area contributed by atoms with Crippen LogP contribution in [0.25, 0.3) is 0 Å². The Balaban J connectivity index is 0.000000161. The molecule has 1 aliphatic carbocycles. The third-order valence-electron chi connectivity index (χ3n) is 25.2. The number of hydrogen-bond acceptors (Lipinski definition) is 32. The molecule has 142 heavy (non-hydrogen) atoms. The molecule has 12 N–H and O–H groups in total. The van der Waals surface area contributed by atoms with Crippen molar-refractivity contribution in [1.82, 2.24) is 59.5 Å². The summed E-state index contributed by atoms with van der Waals surface area (Å²) in [5.74, 6) is 4.98. The van der Waals surface area contributed by atoms with Crippen LogP contribution >= 0.6 is 87.2 Å². The van der Waals surface area contributed by atoms with Crippen LogP contribution < -0.4 is 98.2 Å². The number of ether oxygens (including phenoxy) is 4. The van der Waals surface area contributed by atoms with Gasteiger partial charge < -0.3 is 110 Å². The van der Waals surface area contributed by atoms with Crippen LogP contribution in [0.15, 0.2) is 175 Å². The lowest BCUT2D eigenvalue weighted by atomic mass is 9.84. The molecule has 0 radical (unpaired) electrons. The van der Waals surface area contributed by atoms with Gasteiger partial charge in [-0.05, 0) is 189 Å². The highest BCUT2D eigenvalue weighted by molar-refractivity contribution is 8.00. The zero-order valence-corrected chi connectivity index (χ0v) is 89.9. The summed E-state index contributed by atoms with van der Waals surface area (Å²) in [6.07, 6.45) is 14.3. The fourth-order valence-electron chi connectivity index (χ4n) is 17.3. The summed E-state index contributed by atoms with van der Waals surface area (Å²) >= 11 is 27.2. The number of methoxy groups -OCH3 is 4. The molecule has 16 rings (SSSR count). The monoisotopic (exact) mass is 2110 g/mol. The zero-order valence-electron chi connectivity index (χ0n) is 82.5. The maximum absolute atomic E-state index is 12.8. The van der Waals surface area contributed by atoms with Gasteiger partial charge in [-0.3, -0.25) is 19.2 Å². The van der Waals surface area contributed by atoms with Crippen LogP contribution in [0.1, 0.15) is 70.8 Å². The van der Waals surface area contributed by atoms with Crippen LogP contribution in [-0.4, -0.2) is 260 Å². The number of thioether (sulfide) groups is 1. The number of nitrogens with one attached hydrogen (secondary N) is 8. The summed E-state index contributed by atoms with van der Waals surface area (Å²) in [7, 11) is -0.912. The third-order valence-corrected chi connectivity index (χ3v) is 33.0. The van der Waals surface area contributed by atoms with E-state index in [1.807, 2.05) is 72.8 Å². The van der Waals surface area contributed by atoms with Crippen molar-refractivity contribution in [3.8, 4) is 23.0 Å². The molecule has 1 amide bonds. The first-order valence-corrected chi connectivity index (χ1v) is 58.8. The molecule has 0 spiro atoms. The predicted octanol–water partition coefficient (Wildman–Crippen LogP) is 18.6. The predicted molar refractivity (Wildman–Crippen MR) is 584 cm³/mol. The summed E-state index contributed by atoms with van der Waals surface area (Å²) in [6, 6.07) is 46.1. The number of benzene rings is 7. The van der Waals surface area contributed by atoms with Crippen molar-refractivity contribution in [3.63, 3.8) is 0 Å². The molecule has 2 unspecified atom stereocenters. The minimum atomic E-state index is -4.42. The molecule has 0 bridgehead atoms. The van der Waals surface area contributed by atoms with Gasteiger partial charge in [0, 0.05) is 153 Å². The van der Waals surface area contributed by atoms with Gasteiger partial charge in [0.05, 0.1) is 98.6 Å². The number of piperidine rings is 2. The smallest absolute Gasteiger partial charge is 0.356 e. The summed E-state index contributed by atoms with van der Waals surface area (Å²) in [6.45, 7) is 28.1. The highest BCUT2D eigenvalue weighted by Gasteiger charge is 2.34. The van der Waals surface area contributed by atoms with Crippen LogP contribution in [0, 0.1) is 5.92 Å². The highest BCUT2D eigenvalue weighted by Crippen LogP contribution is 2.45. The van der Waals surface area contributed by atoms with E-state index in [0.29, 0.717) is 125 Å².